The maximum atomic E-state index is 8.65. The quantitative estimate of drug-likeness (QED) is 0.807. The molecule has 0 spiro atoms. The third-order valence-corrected chi connectivity index (χ3v) is 5.11. The molecule has 2 heteroatoms. The summed E-state index contributed by atoms with van der Waals surface area (Å²) < 4.78 is 5.38. The van der Waals surface area contributed by atoms with Gasteiger partial charge in [0.05, 0.1) is 7.11 Å². The summed E-state index contributed by atoms with van der Waals surface area (Å²) in [6, 6.07) is 6.45. The maximum Gasteiger partial charge on any atom is 0.119 e. The Morgan fingerprint density at radius 1 is 1.26 bits per heavy atom. The molecule has 1 aromatic carbocycles. The lowest BCUT2D eigenvalue weighted by Gasteiger charge is -2.42. The minimum Gasteiger partial charge on any atom is -0.497 e. The lowest BCUT2D eigenvalue weighted by Crippen LogP contribution is -2.43. The molecule has 1 fully saturated rings. The zero-order valence-electron chi connectivity index (χ0n) is 12.0. The Morgan fingerprint density at radius 3 is 2.89 bits per heavy atom. The van der Waals surface area contributed by atoms with Gasteiger partial charge in [0.1, 0.15) is 5.75 Å². The van der Waals surface area contributed by atoms with Gasteiger partial charge in [-0.25, -0.2) is 0 Å². The minimum absolute atomic E-state index is 0.0623. The van der Waals surface area contributed by atoms with Crippen LogP contribution < -0.4 is 4.74 Å². The molecule has 102 valence electrons. The zero-order valence-corrected chi connectivity index (χ0v) is 12.0. The fraction of sp³-hybridized carbons (Fsp3) is 0.588. The standard InChI is InChI=1S/C17H23NO/c1-17-9-5-3-4-6-13(16(17)18)10-12-7-8-14(19-2)11-15(12)17/h7-8,11,13,18H,3-6,9-10H2,1-2H3. The molecule has 0 radical (unpaired) electrons. The minimum atomic E-state index is -0.0623. The van der Waals surface area contributed by atoms with Crippen LogP contribution in [0, 0.1) is 11.3 Å². The Kier molecular flexibility index (Phi) is 3.12. The van der Waals surface area contributed by atoms with Gasteiger partial charge < -0.3 is 10.1 Å². The highest BCUT2D eigenvalue weighted by Crippen LogP contribution is 2.44. The summed E-state index contributed by atoms with van der Waals surface area (Å²) in [5.74, 6) is 1.39. The van der Waals surface area contributed by atoms with Gasteiger partial charge >= 0.3 is 0 Å². The lowest BCUT2D eigenvalue weighted by atomic mass is 9.61. The second-order valence-electron chi connectivity index (χ2n) is 6.27. The number of hydrogen-bond donors (Lipinski definition) is 1. The van der Waals surface area contributed by atoms with Crippen molar-refractivity contribution in [2.45, 2.75) is 50.9 Å². The molecule has 2 nitrogen and oxygen atoms in total. The van der Waals surface area contributed by atoms with Gasteiger partial charge in [-0.2, -0.15) is 0 Å². The molecule has 1 aromatic rings. The summed E-state index contributed by atoms with van der Waals surface area (Å²) >= 11 is 0. The average molecular weight is 257 g/mol. The lowest BCUT2D eigenvalue weighted by molar-refractivity contribution is 0.397. The first-order valence-electron chi connectivity index (χ1n) is 7.41. The fourth-order valence-electron chi connectivity index (χ4n) is 3.90. The smallest absolute Gasteiger partial charge is 0.119 e. The van der Waals surface area contributed by atoms with Crippen LogP contribution in [0.15, 0.2) is 18.2 Å². The highest BCUT2D eigenvalue weighted by Gasteiger charge is 2.41. The molecule has 2 aliphatic carbocycles. The molecule has 2 atom stereocenters. The second kappa shape index (κ2) is 4.66. The first-order chi connectivity index (χ1) is 9.15. The highest BCUT2D eigenvalue weighted by atomic mass is 16.5. The number of methoxy groups -OCH3 is 1. The SMILES string of the molecule is COc1ccc2c(c1)C1(C)CCCCCC(C2)C1=N. The van der Waals surface area contributed by atoms with Crippen LogP contribution in [-0.4, -0.2) is 12.8 Å². The van der Waals surface area contributed by atoms with Crippen molar-refractivity contribution in [3.05, 3.63) is 29.3 Å². The zero-order chi connectivity index (χ0) is 13.5. The third kappa shape index (κ3) is 1.98. The van der Waals surface area contributed by atoms with Gasteiger partial charge in [0, 0.05) is 17.0 Å². The van der Waals surface area contributed by atoms with Gasteiger partial charge in [-0.3, -0.25) is 0 Å². The average Bonchev–Trinajstić information content (AvgIpc) is 2.43. The number of benzene rings is 1. The predicted octanol–water partition coefficient (Wildman–Crippen LogP) is 4.11. The van der Waals surface area contributed by atoms with Gasteiger partial charge in [0.15, 0.2) is 0 Å². The van der Waals surface area contributed by atoms with Crippen molar-refractivity contribution >= 4 is 5.71 Å². The Labute approximate surface area is 115 Å². The van der Waals surface area contributed by atoms with E-state index in [1.165, 1.54) is 36.8 Å². The van der Waals surface area contributed by atoms with Crippen LogP contribution >= 0.6 is 0 Å². The van der Waals surface area contributed by atoms with Crippen molar-refractivity contribution < 1.29 is 4.74 Å². The first kappa shape index (κ1) is 12.7. The Morgan fingerprint density at radius 2 is 2.11 bits per heavy atom. The van der Waals surface area contributed by atoms with E-state index in [1.54, 1.807) is 7.11 Å². The molecule has 2 aliphatic rings. The van der Waals surface area contributed by atoms with Crippen LogP contribution in [0.5, 0.6) is 5.75 Å². The molecule has 0 aromatic heterocycles. The van der Waals surface area contributed by atoms with Crippen LogP contribution in [0.2, 0.25) is 0 Å². The summed E-state index contributed by atoms with van der Waals surface area (Å²) in [4.78, 5) is 0. The summed E-state index contributed by atoms with van der Waals surface area (Å²) in [5.41, 5.74) is 3.68. The van der Waals surface area contributed by atoms with E-state index in [9.17, 15) is 0 Å². The van der Waals surface area contributed by atoms with Crippen molar-refractivity contribution in [2.24, 2.45) is 5.92 Å². The van der Waals surface area contributed by atoms with E-state index in [-0.39, 0.29) is 5.41 Å². The van der Waals surface area contributed by atoms with Gasteiger partial charge in [0.25, 0.3) is 0 Å². The molecule has 0 amide bonds. The summed E-state index contributed by atoms with van der Waals surface area (Å²) in [6.45, 7) is 2.27. The number of nitrogens with one attached hydrogen (secondary N) is 1. The Balaban J connectivity index is 2.12. The van der Waals surface area contributed by atoms with Crippen molar-refractivity contribution in [3.8, 4) is 5.75 Å². The summed E-state index contributed by atoms with van der Waals surface area (Å²) in [7, 11) is 1.72. The Hall–Kier alpha value is -1.31. The predicted molar refractivity (Wildman–Crippen MR) is 78.4 cm³/mol. The molecule has 1 N–H and O–H groups in total. The molecule has 0 saturated heterocycles. The molecule has 0 heterocycles. The normalized spacial score (nSPS) is 30.2. The number of rotatable bonds is 1. The molecule has 0 aliphatic heterocycles. The molecule has 19 heavy (non-hydrogen) atoms. The van der Waals surface area contributed by atoms with Crippen LogP contribution in [-0.2, 0) is 11.8 Å². The monoisotopic (exact) mass is 257 g/mol. The fourth-order valence-corrected chi connectivity index (χ4v) is 3.90. The molecule has 3 rings (SSSR count). The van der Waals surface area contributed by atoms with Gasteiger partial charge in [-0.05, 0) is 42.5 Å². The van der Waals surface area contributed by atoms with Gasteiger partial charge in [-0.15, -0.1) is 0 Å². The van der Waals surface area contributed by atoms with Crippen LogP contribution in [0.4, 0.5) is 0 Å². The first-order valence-corrected chi connectivity index (χ1v) is 7.41. The van der Waals surface area contributed by atoms with Crippen LogP contribution in [0.3, 0.4) is 0 Å². The van der Waals surface area contributed by atoms with E-state index in [0.717, 1.165) is 24.3 Å². The van der Waals surface area contributed by atoms with Gasteiger partial charge in [-0.1, -0.05) is 32.3 Å². The highest BCUT2D eigenvalue weighted by molar-refractivity contribution is 5.96. The molecular formula is C17H23NO. The maximum absolute atomic E-state index is 8.65. The molecule has 2 unspecified atom stereocenters. The van der Waals surface area contributed by atoms with Crippen molar-refractivity contribution in [1.29, 1.82) is 5.41 Å². The summed E-state index contributed by atoms with van der Waals surface area (Å²) in [6.07, 6.45) is 7.20. The van der Waals surface area contributed by atoms with E-state index >= 15 is 0 Å². The summed E-state index contributed by atoms with van der Waals surface area (Å²) in [5, 5.41) is 8.65. The third-order valence-electron chi connectivity index (χ3n) is 5.11. The molecule has 2 bridgehead atoms. The topological polar surface area (TPSA) is 33.1 Å². The van der Waals surface area contributed by atoms with Crippen LogP contribution in [0.25, 0.3) is 0 Å². The van der Waals surface area contributed by atoms with Crippen molar-refractivity contribution in [1.82, 2.24) is 0 Å². The molecular weight excluding hydrogens is 234 g/mol. The van der Waals surface area contributed by atoms with E-state index in [1.807, 2.05) is 0 Å². The van der Waals surface area contributed by atoms with E-state index in [2.05, 4.69) is 25.1 Å². The van der Waals surface area contributed by atoms with E-state index in [0.29, 0.717) is 5.92 Å². The Bertz CT molecular complexity index is 508. The van der Waals surface area contributed by atoms with E-state index < -0.39 is 0 Å². The second-order valence-corrected chi connectivity index (χ2v) is 6.27. The molecule has 1 saturated carbocycles. The number of ether oxygens (including phenoxy) is 1. The van der Waals surface area contributed by atoms with Crippen LogP contribution in [0.1, 0.15) is 50.2 Å². The van der Waals surface area contributed by atoms with E-state index in [4.69, 9.17) is 10.1 Å². The number of fused-ring (bicyclic) bond motifs is 4. The van der Waals surface area contributed by atoms with Crippen molar-refractivity contribution in [2.75, 3.05) is 7.11 Å². The largest absolute Gasteiger partial charge is 0.497 e. The number of hydrogen-bond acceptors (Lipinski definition) is 2. The van der Waals surface area contributed by atoms with Crippen molar-refractivity contribution in [3.63, 3.8) is 0 Å². The van der Waals surface area contributed by atoms with Gasteiger partial charge in [0.2, 0.25) is 0 Å².